The third kappa shape index (κ3) is 1.82. The zero-order valence-electron chi connectivity index (χ0n) is 8.03. The predicted octanol–water partition coefficient (Wildman–Crippen LogP) is 1.25. The molecule has 0 spiro atoms. The molecule has 2 rings (SSSR count). The summed E-state index contributed by atoms with van der Waals surface area (Å²) in [6, 6.07) is 5.14. The molecular weight excluding hydrogens is 178 g/mol. The molecule has 1 aromatic carbocycles. The molecule has 1 atom stereocenters. The van der Waals surface area contributed by atoms with E-state index in [2.05, 4.69) is 5.32 Å². The molecule has 1 aliphatic rings. The molecule has 0 aromatic heterocycles. The van der Waals surface area contributed by atoms with Crippen molar-refractivity contribution in [2.24, 2.45) is 5.92 Å². The van der Waals surface area contributed by atoms with E-state index in [1.807, 2.05) is 6.07 Å². The lowest BCUT2D eigenvalue weighted by Gasteiger charge is -2.10. The molecular formula is C11H15NO2. The van der Waals surface area contributed by atoms with E-state index < -0.39 is 0 Å². The van der Waals surface area contributed by atoms with Crippen LogP contribution in [0.2, 0.25) is 0 Å². The van der Waals surface area contributed by atoms with Gasteiger partial charge in [-0.1, -0.05) is 12.1 Å². The molecule has 1 saturated heterocycles. The monoisotopic (exact) mass is 193 g/mol. The van der Waals surface area contributed by atoms with Crippen LogP contribution in [0.5, 0.6) is 11.5 Å². The minimum Gasteiger partial charge on any atom is -0.504 e. The Labute approximate surface area is 83.4 Å². The van der Waals surface area contributed by atoms with Gasteiger partial charge in [-0.25, -0.2) is 0 Å². The van der Waals surface area contributed by atoms with Crippen molar-refractivity contribution < 1.29 is 10.2 Å². The van der Waals surface area contributed by atoms with Gasteiger partial charge in [0.1, 0.15) is 0 Å². The Kier molecular flexibility index (Phi) is 2.59. The van der Waals surface area contributed by atoms with Crippen molar-refractivity contribution in [3.05, 3.63) is 23.8 Å². The van der Waals surface area contributed by atoms with E-state index in [0.717, 1.165) is 31.5 Å². The van der Waals surface area contributed by atoms with Crippen molar-refractivity contribution in [2.75, 3.05) is 13.1 Å². The second kappa shape index (κ2) is 3.88. The van der Waals surface area contributed by atoms with Gasteiger partial charge in [-0.3, -0.25) is 0 Å². The number of rotatable bonds is 2. The quantitative estimate of drug-likeness (QED) is 0.620. The van der Waals surface area contributed by atoms with Crippen LogP contribution in [0.1, 0.15) is 12.0 Å². The van der Waals surface area contributed by atoms with Gasteiger partial charge in [0.25, 0.3) is 0 Å². The Morgan fingerprint density at radius 2 is 2.21 bits per heavy atom. The van der Waals surface area contributed by atoms with Crippen LogP contribution in [0.3, 0.4) is 0 Å². The van der Waals surface area contributed by atoms with E-state index in [-0.39, 0.29) is 11.5 Å². The minimum absolute atomic E-state index is 0.0199. The fourth-order valence-electron chi connectivity index (χ4n) is 1.94. The lowest BCUT2D eigenvalue weighted by molar-refractivity contribution is 0.396. The number of benzene rings is 1. The summed E-state index contributed by atoms with van der Waals surface area (Å²) in [6.07, 6.45) is 1.99. The second-order valence-electron chi connectivity index (χ2n) is 3.85. The number of para-hydroxylation sites is 1. The lowest BCUT2D eigenvalue weighted by atomic mass is 9.98. The largest absolute Gasteiger partial charge is 0.504 e. The fourth-order valence-corrected chi connectivity index (χ4v) is 1.94. The van der Waals surface area contributed by atoms with Crippen molar-refractivity contribution in [2.45, 2.75) is 12.8 Å². The van der Waals surface area contributed by atoms with E-state index in [1.54, 1.807) is 6.07 Å². The van der Waals surface area contributed by atoms with Gasteiger partial charge in [-0.15, -0.1) is 0 Å². The summed E-state index contributed by atoms with van der Waals surface area (Å²) in [4.78, 5) is 0. The maximum absolute atomic E-state index is 9.59. The first-order valence-electron chi connectivity index (χ1n) is 4.98. The first-order valence-corrected chi connectivity index (χ1v) is 4.98. The van der Waals surface area contributed by atoms with Crippen molar-refractivity contribution in [1.82, 2.24) is 5.32 Å². The van der Waals surface area contributed by atoms with Gasteiger partial charge in [0.05, 0.1) is 0 Å². The van der Waals surface area contributed by atoms with Crippen molar-refractivity contribution in [3.8, 4) is 11.5 Å². The molecule has 0 amide bonds. The number of hydrogen-bond acceptors (Lipinski definition) is 3. The number of phenolic OH excluding ortho intramolecular Hbond substituents is 2. The maximum Gasteiger partial charge on any atom is 0.160 e. The Bertz CT molecular complexity index is 319. The molecule has 3 heteroatoms. The summed E-state index contributed by atoms with van der Waals surface area (Å²) in [5, 5.41) is 22.2. The van der Waals surface area contributed by atoms with Crippen LogP contribution in [0, 0.1) is 5.92 Å². The molecule has 0 bridgehead atoms. The molecule has 14 heavy (non-hydrogen) atoms. The first-order chi connectivity index (χ1) is 6.77. The number of hydrogen-bond donors (Lipinski definition) is 3. The Balaban J connectivity index is 2.11. The van der Waals surface area contributed by atoms with E-state index >= 15 is 0 Å². The van der Waals surface area contributed by atoms with Crippen LogP contribution in [0.25, 0.3) is 0 Å². The summed E-state index contributed by atoms with van der Waals surface area (Å²) in [7, 11) is 0. The van der Waals surface area contributed by atoms with Gasteiger partial charge in [0, 0.05) is 0 Å². The van der Waals surface area contributed by atoms with Gasteiger partial charge in [-0.05, 0) is 43.5 Å². The molecule has 3 N–H and O–H groups in total. The third-order valence-electron chi connectivity index (χ3n) is 2.77. The zero-order valence-corrected chi connectivity index (χ0v) is 8.03. The van der Waals surface area contributed by atoms with Crippen molar-refractivity contribution in [1.29, 1.82) is 0 Å². The number of phenols is 2. The van der Waals surface area contributed by atoms with E-state index in [4.69, 9.17) is 0 Å². The van der Waals surface area contributed by atoms with Gasteiger partial charge >= 0.3 is 0 Å². The van der Waals surface area contributed by atoms with Crippen LogP contribution in [0.15, 0.2) is 18.2 Å². The zero-order chi connectivity index (χ0) is 9.97. The average Bonchev–Trinajstić information content (AvgIpc) is 2.66. The molecule has 3 nitrogen and oxygen atoms in total. The molecule has 0 saturated carbocycles. The van der Waals surface area contributed by atoms with E-state index in [9.17, 15) is 10.2 Å². The summed E-state index contributed by atoms with van der Waals surface area (Å²) >= 11 is 0. The highest BCUT2D eigenvalue weighted by atomic mass is 16.3. The van der Waals surface area contributed by atoms with Gasteiger partial charge in [0.15, 0.2) is 11.5 Å². The van der Waals surface area contributed by atoms with Crippen LogP contribution in [-0.4, -0.2) is 23.3 Å². The Morgan fingerprint density at radius 3 is 2.93 bits per heavy atom. The highest BCUT2D eigenvalue weighted by molar-refractivity contribution is 5.44. The molecule has 1 unspecified atom stereocenters. The van der Waals surface area contributed by atoms with Gasteiger partial charge in [0.2, 0.25) is 0 Å². The van der Waals surface area contributed by atoms with Crippen LogP contribution in [-0.2, 0) is 6.42 Å². The number of nitrogens with one attached hydrogen (secondary N) is 1. The Morgan fingerprint density at radius 1 is 1.36 bits per heavy atom. The third-order valence-corrected chi connectivity index (χ3v) is 2.77. The minimum atomic E-state index is -0.0199. The van der Waals surface area contributed by atoms with Crippen molar-refractivity contribution in [3.63, 3.8) is 0 Å². The normalized spacial score (nSPS) is 21.3. The Hall–Kier alpha value is -1.22. The molecule has 1 aromatic rings. The summed E-state index contributed by atoms with van der Waals surface area (Å²) < 4.78 is 0. The molecule has 1 fully saturated rings. The first kappa shape index (κ1) is 9.34. The number of aromatic hydroxyl groups is 2. The molecule has 1 aliphatic heterocycles. The lowest BCUT2D eigenvalue weighted by Crippen LogP contribution is -2.10. The standard InChI is InChI=1S/C11H15NO2/c13-10-3-1-2-9(11(10)14)6-8-4-5-12-7-8/h1-3,8,12-14H,4-7H2. The average molecular weight is 193 g/mol. The van der Waals surface area contributed by atoms with E-state index in [1.165, 1.54) is 6.07 Å². The smallest absolute Gasteiger partial charge is 0.160 e. The topological polar surface area (TPSA) is 52.5 Å². The second-order valence-corrected chi connectivity index (χ2v) is 3.85. The SMILES string of the molecule is Oc1cccc(CC2CCNC2)c1O. The summed E-state index contributed by atoms with van der Waals surface area (Å²) in [5.41, 5.74) is 0.846. The highest BCUT2D eigenvalue weighted by Crippen LogP contribution is 2.30. The molecule has 0 radical (unpaired) electrons. The van der Waals surface area contributed by atoms with Crippen LogP contribution < -0.4 is 5.32 Å². The fraction of sp³-hybridized carbons (Fsp3) is 0.455. The molecule has 76 valence electrons. The summed E-state index contributed by atoms with van der Waals surface area (Å²) in [6.45, 7) is 2.07. The molecule has 1 heterocycles. The van der Waals surface area contributed by atoms with Gasteiger partial charge < -0.3 is 15.5 Å². The highest BCUT2D eigenvalue weighted by Gasteiger charge is 2.17. The van der Waals surface area contributed by atoms with Gasteiger partial charge in [-0.2, -0.15) is 0 Å². The van der Waals surface area contributed by atoms with Crippen molar-refractivity contribution >= 4 is 0 Å². The maximum atomic E-state index is 9.59. The molecule has 0 aliphatic carbocycles. The van der Waals surface area contributed by atoms with Crippen LogP contribution >= 0.6 is 0 Å². The summed E-state index contributed by atoms with van der Waals surface area (Å²) in [5.74, 6) is 0.607. The predicted molar refractivity (Wildman–Crippen MR) is 54.5 cm³/mol. The van der Waals surface area contributed by atoms with Crippen LogP contribution in [0.4, 0.5) is 0 Å². The van der Waals surface area contributed by atoms with E-state index in [0.29, 0.717) is 5.92 Å².